The Kier molecular flexibility index (Phi) is 4.07. The van der Waals surface area contributed by atoms with Crippen molar-refractivity contribution >= 4 is 0 Å². The fourth-order valence-electron chi connectivity index (χ4n) is 1.04. The fraction of sp³-hybridized carbons (Fsp3) is 0.455. The number of benzene rings is 1. The van der Waals surface area contributed by atoms with Crippen LogP contribution in [-0.4, -0.2) is 18.7 Å². The van der Waals surface area contributed by atoms with E-state index in [1.54, 1.807) is 0 Å². The topological polar surface area (TPSA) is 61.3 Å². The SMILES string of the molecule is CC(N)(CN)COCc1ccccc1. The van der Waals surface area contributed by atoms with Crippen LogP contribution < -0.4 is 11.5 Å². The molecule has 0 radical (unpaired) electrons. The van der Waals surface area contributed by atoms with Crippen molar-refractivity contribution in [2.75, 3.05) is 13.2 Å². The molecule has 1 aromatic carbocycles. The Morgan fingerprint density at radius 2 is 1.93 bits per heavy atom. The van der Waals surface area contributed by atoms with Gasteiger partial charge in [-0.15, -0.1) is 0 Å². The van der Waals surface area contributed by atoms with Crippen LogP contribution in [0.1, 0.15) is 12.5 Å². The average molecular weight is 194 g/mol. The maximum Gasteiger partial charge on any atom is 0.0717 e. The predicted octanol–water partition coefficient (Wildman–Crippen LogP) is 0.879. The molecule has 0 saturated heterocycles. The highest BCUT2D eigenvalue weighted by atomic mass is 16.5. The second-order valence-corrected chi connectivity index (χ2v) is 3.84. The zero-order valence-corrected chi connectivity index (χ0v) is 8.57. The molecule has 0 heterocycles. The predicted molar refractivity (Wildman–Crippen MR) is 57.7 cm³/mol. The Morgan fingerprint density at radius 3 is 2.50 bits per heavy atom. The lowest BCUT2D eigenvalue weighted by molar-refractivity contribution is 0.0818. The molecule has 0 saturated carbocycles. The van der Waals surface area contributed by atoms with E-state index in [1.165, 1.54) is 0 Å². The zero-order valence-electron chi connectivity index (χ0n) is 8.57. The van der Waals surface area contributed by atoms with Gasteiger partial charge in [0.2, 0.25) is 0 Å². The van der Waals surface area contributed by atoms with E-state index in [4.69, 9.17) is 16.2 Å². The van der Waals surface area contributed by atoms with Crippen molar-refractivity contribution in [3.05, 3.63) is 35.9 Å². The van der Waals surface area contributed by atoms with E-state index in [0.717, 1.165) is 5.56 Å². The highest BCUT2D eigenvalue weighted by Crippen LogP contribution is 2.03. The van der Waals surface area contributed by atoms with Crippen LogP contribution in [0, 0.1) is 0 Å². The molecule has 1 aromatic rings. The molecule has 0 bridgehead atoms. The molecule has 3 nitrogen and oxygen atoms in total. The number of hydrogen-bond acceptors (Lipinski definition) is 3. The van der Waals surface area contributed by atoms with Crippen LogP contribution in [0.2, 0.25) is 0 Å². The maximum atomic E-state index is 5.83. The van der Waals surface area contributed by atoms with Crippen molar-refractivity contribution in [2.45, 2.75) is 19.1 Å². The van der Waals surface area contributed by atoms with E-state index in [1.807, 2.05) is 37.3 Å². The van der Waals surface area contributed by atoms with Gasteiger partial charge in [-0.3, -0.25) is 0 Å². The quantitative estimate of drug-likeness (QED) is 0.731. The standard InChI is InChI=1S/C11H18N2O/c1-11(13,8-12)9-14-7-10-5-3-2-4-6-10/h2-6H,7-9,12-13H2,1H3. The molecular formula is C11H18N2O. The van der Waals surface area contributed by atoms with Crippen LogP contribution in [0.4, 0.5) is 0 Å². The molecule has 0 spiro atoms. The fourth-order valence-corrected chi connectivity index (χ4v) is 1.04. The van der Waals surface area contributed by atoms with E-state index < -0.39 is 5.54 Å². The zero-order chi connectivity index (χ0) is 10.4. The summed E-state index contributed by atoms with van der Waals surface area (Å²) in [5.41, 5.74) is 12.0. The van der Waals surface area contributed by atoms with E-state index in [2.05, 4.69) is 0 Å². The molecule has 1 unspecified atom stereocenters. The van der Waals surface area contributed by atoms with Crippen LogP contribution >= 0.6 is 0 Å². The summed E-state index contributed by atoms with van der Waals surface area (Å²) in [4.78, 5) is 0. The first-order valence-corrected chi connectivity index (χ1v) is 4.75. The normalized spacial score (nSPS) is 15.1. The average Bonchev–Trinajstić information content (AvgIpc) is 2.19. The molecule has 0 aliphatic heterocycles. The van der Waals surface area contributed by atoms with Gasteiger partial charge in [0.15, 0.2) is 0 Å². The molecule has 0 aromatic heterocycles. The van der Waals surface area contributed by atoms with Crippen molar-refractivity contribution in [2.24, 2.45) is 11.5 Å². The molecule has 14 heavy (non-hydrogen) atoms. The number of nitrogens with two attached hydrogens (primary N) is 2. The summed E-state index contributed by atoms with van der Waals surface area (Å²) < 4.78 is 5.47. The third-order valence-corrected chi connectivity index (χ3v) is 2.01. The molecule has 0 amide bonds. The molecule has 3 heteroatoms. The molecule has 78 valence electrons. The van der Waals surface area contributed by atoms with Gasteiger partial charge in [-0.05, 0) is 12.5 Å². The highest BCUT2D eigenvalue weighted by Gasteiger charge is 2.15. The van der Waals surface area contributed by atoms with Crippen molar-refractivity contribution in [1.29, 1.82) is 0 Å². The van der Waals surface area contributed by atoms with Gasteiger partial charge in [-0.1, -0.05) is 30.3 Å². The third kappa shape index (κ3) is 3.87. The Morgan fingerprint density at radius 1 is 1.29 bits per heavy atom. The van der Waals surface area contributed by atoms with Crippen molar-refractivity contribution in [1.82, 2.24) is 0 Å². The first-order chi connectivity index (χ1) is 6.64. The molecule has 0 fully saturated rings. The van der Waals surface area contributed by atoms with Crippen LogP contribution in [0.25, 0.3) is 0 Å². The van der Waals surface area contributed by atoms with E-state index in [0.29, 0.717) is 19.8 Å². The lowest BCUT2D eigenvalue weighted by atomic mass is 10.1. The Labute approximate surface area is 85.0 Å². The second-order valence-electron chi connectivity index (χ2n) is 3.84. The minimum Gasteiger partial charge on any atom is -0.375 e. The van der Waals surface area contributed by atoms with Crippen molar-refractivity contribution in [3.8, 4) is 0 Å². The largest absolute Gasteiger partial charge is 0.375 e. The highest BCUT2D eigenvalue weighted by molar-refractivity contribution is 5.13. The van der Waals surface area contributed by atoms with Gasteiger partial charge in [0, 0.05) is 12.1 Å². The molecule has 1 rings (SSSR count). The molecule has 0 aliphatic rings. The third-order valence-electron chi connectivity index (χ3n) is 2.01. The molecule has 1 atom stereocenters. The van der Waals surface area contributed by atoms with Gasteiger partial charge >= 0.3 is 0 Å². The Hall–Kier alpha value is -0.900. The monoisotopic (exact) mass is 194 g/mol. The number of hydrogen-bond donors (Lipinski definition) is 2. The maximum absolute atomic E-state index is 5.83. The smallest absolute Gasteiger partial charge is 0.0717 e. The minimum absolute atomic E-state index is 0.422. The van der Waals surface area contributed by atoms with Gasteiger partial charge in [0.1, 0.15) is 0 Å². The summed E-state index contributed by atoms with van der Waals surface area (Å²) in [6.07, 6.45) is 0. The van der Waals surface area contributed by atoms with Crippen LogP contribution in [-0.2, 0) is 11.3 Å². The summed E-state index contributed by atoms with van der Waals surface area (Å²) >= 11 is 0. The van der Waals surface area contributed by atoms with Crippen LogP contribution in [0.3, 0.4) is 0 Å². The van der Waals surface area contributed by atoms with Gasteiger partial charge in [0.05, 0.1) is 13.2 Å². The van der Waals surface area contributed by atoms with Gasteiger partial charge in [0.25, 0.3) is 0 Å². The summed E-state index contributed by atoms with van der Waals surface area (Å²) in [6, 6.07) is 10.0. The van der Waals surface area contributed by atoms with Crippen LogP contribution in [0.5, 0.6) is 0 Å². The lowest BCUT2D eigenvalue weighted by Crippen LogP contribution is -2.48. The first kappa shape index (κ1) is 11.2. The Balaban J connectivity index is 2.29. The van der Waals surface area contributed by atoms with Crippen LogP contribution in [0.15, 0.2) is 30.3 Å². The lowest BCUT2D eigenvalue weighted by Gasteiger charge is -2.21. The summed E-state index contributed by atoms with van der Waals surface area (Å²) in [6.45, 7) is 3.39. The van der Waals surface area contributed by atoms with Gasteiger partial charge in [-0.25, -0.2) is 0 Å². The van der Waals surface area contributed by atoms with E-state index in [9.17, 15) is 0 Å². The Bertz CT molecular complexity index is 259. The summed E-state index contributed by atoms with van der Waals surface area (Å²) in [5, 5.41) is 0. The minimum atomic E-state index is -0.422. The van der Waals surface area contributed by atoms with Crippen molar-refractivity contribution in [3.63, 3.8) is 0 Å². The molecule has 0 aliphatic carbocycles. The van der Waals surface area contributed by atoms with Crippen molar-refractivity contribution < 1.29 is 4.74 Å². The first-order valence-electron chi connectivity index (χ1n) is 4.75. The van der Waals surface area contributed by atoms with E-state index in [-0.39, 0.29) is 0 Å². The van der Waals surface area contributed by atoms with Gasteiger partial charge < -0.3 is 16.2 Å². The summed E-state index contributed by atoms with van der Waals surface area (Å²) in [7, 11) is 0. The number of rotatable bonds is 5. The molecular weight excluding hydrogens is 176 g/mol. The summed E-state index contributed by atoms with van der Waals surface area (Å²) in [5.74, 6) is 0. The van der Waals surface area contributed by atoms with E-state index >= 15 is 0 Å². The molecule has 4 N–H and O–H groups in total. The van der Waals surface area contributed by atoms with Gasteiger partial charge in [-0.2, -0.15) is 0 Å². The second kappa shape index (κ2) is 5.10. The number of ether oxygens (including phenoxy) is 1.